The van der Waals surface area contributed by atoms with Crippen molar-refractivity contribution in [3.63, 3.8) is 0 Å². The third-order valence-electron chi connectivity index (χ3n) is 1.85. The highest BCUT2D eigenvalue weighted by Crippen LogP contribution is 2.23. The summed E-state index contributed by atoms with van der Waals surface area (Å²) in [5.74, 6) is 0. The van der Waals surface area contributed by atoms with E-state index in [1.165, 1.54) is 6.08 Å². The first kappa shape index (κ1) is 10.4. The number of rotatable bonds is 3. The molecule has 0 saturated carbocycles. The van der Waals surface area contributed by atoms with E-state index in [1.54, 1.807) is 31.2 Å². The molecule has 0 spiro atoms. The average Bonchev–Trinajstić information content (AvgIpc) is 2.14. The zero-order valence-corrected chi connectivity index (χ0v) is 7.80. The molecule has 4 heteroatoms. The molecule has 0 heterocycles. The zero-order chi connectivity index (χ0) is 10.6. The largest absolute Gasteiger partial charge is 0.392 e. The summed E-state index contributed by atoms with van der Waals surface area (Å²) >= 11 is 0. The van der Waals surface area contributed by atoms with Crippen LogP contribution in [0.1, 0.15) is 11.1 Å². The van der Waals surface area contributed by atoms with Gasteiger partial charge in [-0.05, 0) is 19.1 Å². The Morgan fingerprint density at radius 1 is 1.57 bits per heavy atom. The van der Waals surface area contributed by atoms with Crippen LogP contribution in [0, 0.1) is 17.0 Å². The van der Waals surface area contributed by atoms with Gasteiger partial charge in [-0.15, -0.1) is 0 Å². The van der Waals surface area contributed by atoms with Crippen LogP contribution in [0.4, 0.5) is 5.69 Å². The number of para-hydroxylation sites is 1. The molecule has 0 aliphatic rings. The van der Waals surface area contributed by atoms with Crippen LogP contribution >= 0.6 is 0 Å². The SMILES string of the molecule is Cc1cccc(/C=C/CO)c1[N+](=O)[O-]. The van der Waals surface area contributed by atoms with Crippen LogP contribution in [0.3, 0.4) is 0 Å². The fraction of sp³-hybridized carbons (Fsp3) is 0.200. The van der Waals surface area contributed by atoms with Crippen molar-refractivity contribution < 1.29 is 10.0 Å². The van der Waals surface area contributed by atoms with E-state index in [-0.39, 0.29) is 12.3 Å². The Labute approximate surface area is 81.6 Å². The van der Waals surface area contributed by atoms with Crippen molar-refractivity contribution in [3.05, 3.63) is 45.5 Å². The van der Waals surface area contributed by atoms with Crippen LogP contribution in [0.2, 0.25) is 0 Å². The number of aliphatic hydroxyl groups excluding tert-OH is 1. The molecule has 0 saturated heterocycles. The van der Waals surface area contributed by atoms with Crippen molar-refractivity contribution in [1.82, 2.24) is 0 Å². The summed E-state index contributed by atoms with van der Waals surface area (Å²) in [4.78, 5) is 10.3. The number of nitro benzene ring substituents is 1. The van der Waals surface area contributed by atoms with Gasteiger partial charge in [0.15, 0.2) is 0 Å². The Hall–Kier alpha value is -1.68. The molecule has 0 atom stereocenters. The second kappa shape index (κ2) is 4.53. The summed E-state index contributed by atoms with van der Waals surface area (Å²) < 4.78 is 0. The first-order valence-corrected chi connectivity index (χ1v) is 4.18. The van der Waals surface area contributed by atoms with Gasteiger partial charge in [-0.1, -0.05) is 18.2 Å². The Morgan fingerprint density at radius 2 is 2.29 bits per heavy atom. The molecular weight excluding hydrogens is 182 g/mol. The van der Waals surface area contributed by atoms with E-state index < -0.39 is 4.92 Å². The summed E-state index contributed by atoms with van der Waals surface area (Å²) in [6.07, 6.45) is 3.02. The minimum Gasteiger partial charge on any atom is -0.392 e. The number of hydrogen-bond acceptors (Lipinski definition) is 3. The van der Waals surface area contributed by atoms with Crippen LogP contribution in [-0.4, -0.2) is 16.6 Å². The molecule has 14 heavy (non-hydrogen) atoms. The van der Waals surface area contributed by atoms with Gasteiger partial charge in [0.1, 0.15) is 0 Å². The van der Waals surface area contributed by atoms with Crippen molar-refractivity contribution in [2.24, 2.45) is 0 Å². The average molecular weight is 193 g/mol. The summed E-state index contributed by atoms with van der Waals surface area (Å²) in [5.41, 5.74) is 1.23. The lowest BCUT2D eigenvalue weighted by molar-refractivity contribution is -0.385. The van der Waals surface area contributed by atoms with E-state index in [4.69, 9.17) is 5.11 Å². The summed E-state index contributed by atoms with van der Waals surface area (Å²) in [7, 11) is 0. The number of aliphatic hydroxyl groups is 1. The molecule has 0 amide bonds. The zero-order valence-electron chi connectivity index (χ0n) is 7.80. The van der Waals surface area contributed by atoms with Gasteiger partial charge in [0, 0.05) is 5.56 Å². The van der Waals surface area contributed by atoms with Crippen LogP contribution in [0.5, 0.6) is 0 Å². The normalized spacial score (nSPS) is 10.7. The van der Waals surface area contributed by atoms with Crippen LogP contribution < -0.4 is 0 Å². The molecule has 0 aliphatic heterocycles. The lowest BCUT2D eigenvalue weighted by Gasteiger charge is -2.00. The van der Waals surface area contributed by atoms with Gasteiger partial charge in [0.25, 0.3) is 5.69 Å². The summed E-state index contributed by atoms with van der Waals surface area (Å²) in [6.45, 7) is 1.57. The van der Waals surface area contributed by atoms with Crippen LogP contribution in [0.25, 0.3) is 6.08 Å². The lowest BCUT2D eigenvalue weighted by Crippen LogP contribution is -1.94. The molecule has 1 rings (SSSR count). The maximum atomic E-state index is 10.7. The molecule has 0 fully saturated rings. The van der Waals surface area contributed by atoms with Crippen molar-refractivity contribution in [2.75, 3.05) is 6.61 Å². The van der Waals surface area contributed by atoms with Gasteiger partial charge in [0.2, 0.25) is 0 Å². The summed E-state index contributed by atoms with van der Waals surface area (Å²) in [5, 5.41) is 19.3. The molecule has 1 aromatic carbocycles. The summed E-state index contributed by atoms with van der Waals surface area (Å²) in [6, 6.07) is 5.09. The van der Waals surface area contributed by atoms with E-state index in [1.807, 2.05) is 0 Å². The van der Waals surface area contributed by atoms with Crippen LogP contribution in [0.15, 0.2) is 24.3 Å². The molecule has 0 unspecified atom stereocenters. The van der Waals surface area contributed by atoms with Crippen molar-refractivity contribution >= 4 is 11.8 Å². The van der Waals surface area contributed by atoms with Gasteiger partial charge in [-0.2, -0.15) is 0 Å². The topological polar surface area (TPSA) is 63.4 Å². The minimum atomic E-state index is -0.410. The van der Waals surface area contributed by atoms with E-state index in [0.717, 1.165) is 0 Å². The molecule has 1 N–H and O–H groups in total. The molecule has 0 radical (unpaired) electrons. The van der Waals surface area contributed by atoms with Crippen molar-refractivity contribution in [1.29, 1.82) is 0 Å². The minimum absolute atomic E-state index is 0.0946. The number of nitro groups is 1. The molecule has 0 aliphatic carbocycles. The highest BCUT2D eigenvalue weighted by Gasteiger charge is 2.13. The highest BCUT2D eigenvalue weighted by molar-refractivity contribution is 5.63. The van der Waals surface area contributed by atoms with E-state index in [9.17, 15) is 10.1 Å². The maximum Gasteiger partial charge on any atom is 0.279 e. The van der Waals surface area contributed by atoms with E-state index in [0.29, 0.717) is 11.1 Å². The lowest BCUT2D eigenvalue weighted by atomic mass is 10.1. The molecule has 0 bridgehead atoms. The van der Waals surface area contributed by atoms with Crippen LogP contribution in [-0.2, 0) is 0 Å². The molecule has 0 aromatic heterocycles. The Kier molecular flexibility index (Phi) is 3.36. The smallest absolute Gasteiger partial charge is 0.279 e. The molecule has 74 valence electrons. The van der Waals surface area contributed by atoms with Gasteiger partial charge in [0.05, 0.1) is 17.1 Å². The first-order valence-electron chi connectivity index (χ1n) is 4.18. The van der Waals surface area contributed by atoms with Crippen molar-refractivity contribution in [2.45, 2.75) is 6.92 Å². The van der Waals surface area contributed by atoms with Gasteiger partial charge >= 0.3 is 0 Å². The van der Waals surface area contributed by atoms with Gasteiger partial charge < -0.3 is 5.11 Å². The monoisotopic (exact) mass is 193 g/mol. The molecular formula is C10H11NO3. The van der Waals surface area contributed by atoms with Gasteiger partial charge in [-0.25, -0.2) is 0 Å². The standard InChI is InChI=1S/C10H11NO3/c1-8-4-2-5-9(6-3-7-12)10(8)11(13)14/h2-6,12H,7H2,1H3/b6-3+. The predicted octanol–water partition coefficient (Wildman–Crippen LogP) is 1.91. The Balaban J connectivity index is 3.21. The number of hydrogen-bond donors (Lipinski definition) is 1. The van der Waals surface area contributed by atoms with Crippen molar-refractivity contribution in [3.8, 4) is 0 Å². The molecule has 4 nitrogen and oxygen atoms in total. The number of nitrogens with zero attached hydrogens (tertiary/aromatic N) is 1. The fourth-order valence-electron chi connectivity index (χ4n) is 1.25. The van der Waals surface area contributed by atoms with E-state index >= 15 is 0 Å². The predicted molar refractivity (Wildman–Crippen MR) is 54.0 cm³/mol. The quantitative estimate of drug-likeness (QED) is 0.589. The Bertz CT molecular complexity index is 372. The maximum absolute atomic E-state index is 10.7. The third-order valence-corrected chi connectivity index (χ3v) is 1.85. The van der Waals surface area contributed by atoms with Gasteiger partial charge in [-0.3, -0.25) is 10.1 Å². The number of aryl methyl sites for hydroxylation is 1. The Morgan fingerprint density at radius 3 is 2.86 bits per heavy atom. The second-order valence-electron chi connectivity index (χ2n) is 2.85. The highest BCUT2D eigenvalue weighted by atomic mass is 16.6. The molecule has 1 aromatic rings. The first-order chi connectivity index (χ1) is 6.66. The second-order valence-corrected chi connectivity index (χ2v) is 2.85. The van der Waals surface area contributed by atoms with E-state index in [2.05, 4.69) is 0 Å². The fourth-order valence-corrected chi connectivity index (χ4v) is 1.25. The number of benzene rings is 1. The third kappa shape index (κ3) is 2.17.